The molecule has 17 heavy (non-hydrogen) atoms. The summed E-state index contributed by atoms with van der Waals surface area (Å²) in [6.07, 6.45) is -8.32. The highest BCUT2D eigenvalue weighted by atomic mass is 19.4. The predicted octanol–water partition coefficient (Wildman–Crippen LogP) is 3.25. The Morgan fingerprint density at radius 2 is 1.94 bits per heavy atom. The van der Waals surface area contributed by atoms with Crippen LogP contribution in [0.2, 0.25) is 0 Å². The Bertz CT molecular complexity index is 458. The Morgan fingerprint density at radius 1 is 1.41 bits per heavy atom. The number of alkyl halides is 5. The van der Waals surface area contributed by atoms with Crippen molar-refractivity contribution in [1.82, 2.24) is 4.98 Å². The molecule has 0 saturated carbocycles. The second-order valence-electron chi connectivity index (χ2n) is 3.07. The molecule has 0 fully saturated rings. The molecule has 4 nitrogen and oxygen atoms in total. The van der Waals surface area contributed by atoms with Crippen LogP contribution in [0.15, 0.2) is 6.20 Å². The highest BCUT2D eigenvalue weighted by Gasteiger charge is 2.42. The minimum atomic E-state index is -5.12. The highest BCUT2D eigenvalue weighted by molar-refractivity contribution is 5.47. The number of aryl methyl sites for hydroxylation is 1. The van der Waals surface area contributed by atoms with E-state index in [0.29, 0.717) is 6.20 Å². The number of pyridine rings is 1. The maximum absolute atomic E-state index is 12.5. The molecule has 0 bridgehead atoms. The molecular formula is C8H5F5N2O2. The van der Waals surface area contributed by atoms with E-state index in [1.165, 1.54) is 0 Å². The SMILES string of the molecule is Cc1ncc([N+](=O)[O-])c(C(F)F)c1C(F)(F)F. The summed E-state index contributed by atoms with van der Waals surface area (Å²) in [4.78, 5) is 12.2. The molecule has 0 atom stereocenters. The summed E-state index contributed by atoms with van der Waals surface area (Å²) in [6.45, 7) is 0.860. The van der Waals surface area contributed by atoms with E-state index >= 15 is 0 Å². The van der Waals surface area contributed by atoms with Crippen molar-refractivity contribution in [3.63, 3.8) is 0 Å². The van der Waals surface area contributed by atoms with Crippen molar-refractivity contribution in [3.8, 4) is 0 Å². The number of hydrogen-bond donors (Lipinski definition) is 0. The Labute approximate surface area is 91.2 Å². The Hall–Kier alpha value is -1.80. The molecule has 0 aliphatic rings. The van der Waals surface area contributed by atoms with Gasteiger partial charge in [-0.15, -0.1) is 0 Å². The minimum Gasteiger partial charge on any atom is -0.258 e. The molecule has 0 saturated heterocycles. The smallest absolute Gasteiger partial charge is 0.258 e. The molecule has 1 heterocycles. The summed E-state index contributed by atoms with van der Waals surface area (Å²) >= 11 is 0. The Balaban J connectivity index is 3.67. The van der Waals surface area contributed by atoms with E-state index in [4.69, 9.17) is 0 Å². The van der Waals surface area contributed by atoms with Gasteiger partial charge in [0.05, 0.1) is 16.2 Å². The molecule has 9 heteroatoms. The van der Waals surface area contributed by atoms with E-state index in [0.717, 1.165) is 6.92 Å². The lowest BCUT2D eigenvalue weighted by atomic mass is 10.1. The Kier molecular flexibility index (Phi) is 3.30. The van der Waals surface area contributed by atoms with E-state index in [1.54, 1.807) is 0 Å². The number of aromatic nitrogens is 1. The first-order valence-corrected chi connectivity index (χ1v) is 4.15. The lowest BCUT2D eigenvalue weighted by molar-refractivity contribution is -0.386. The lowest BCUT2D eigenvalue weighted by Gasteiger charge is -2.14. The van der Waals surface area contributed by atoms with Gasteiger partial charge < -0.3 is 0 Å². The molecule has 94 valence electrons. The second kappa shape index (κ2) is 4.22. The second-order valence-corrected chi connectivity index (χ2v) is 3.07. The van der Waals surface area contributed by atoms with Gasteiger partial charge in [0.25, 0.3) is 12.1 Å². The van der Waals surface area contributed by atoms with Gasteiger partial charge in [-0.2, -0.15) is 13.2 Å². The van der Waals surface area contributed by atoms with Crippen LogP contribution < -0.4 is 0 Å². The van der Waals surface area contributed by atoms with Crippen LogP contribution in [-0.2, 0) is 6.18 Å². The fraction of sp³-hybridized carbons (Fsp3) is 0.375. The third-order valence-corrected chi connectivity index (χ3v) is 1.99. The van der Waals surface area contributed by atoms with Crippen LogP contribution in [0.5, 0.6) is 0 Å². The van der Waals surface area contributed by atoms with Gasteiger partial charge >= 0.3 is 6.18 Å². The predicted molar refractivity (Wildman–Crippen MR) is 45.6 cm³/mol. The van der Waals surface area contributed by atoms with Gasteiger partial charge in [-0.05, 0) is 6.92 Å². The van der Waals surface area contributed by atoms with Crippen molar-refractivity contribution in [2.45, 2.75) is 19.5 Å². The number of halogens is 5. The van der Waals surface area contributed by atoms with Gasteiger partial charge in [0.2, 0.25) is 0 Å². The van der Waals surface area contributed by atoms with Gasteiger partial charge in [-0.25, -0.2) is 8.78 Å². The molecule has 0 aromatic carbocycles. The fourth-order valence-electron chi connectivity index (χ4n) is 1.34. The zero-order chi connectivity index (χ0) is 13.4. The van der Waals surface area contributed by atoms with E-state index in [2.05, 4.69) is 4.98 Å². The normalized spacial score (nSPS) is 11.9. The maximum Gasteiger partial charge on any atom is 0.418 e. The van der Waals surface area contributed by atoms with Crippen molar-refractivity contribution >= 4 is 5.69 Å². The van der Waals surface area contributed by atoms with Crippen molar-refractivity contribution in [3.05, 3.63) is 33.1 Å². The lowest BCUT2D eigenvalue weighted by Crippen LogP contribution is -2.15. The highest BCUT2D eigenvalue weighted by Crippen LogP contribution is 2.41. The van der Waals surface area contributed by atoms with Gasteiger partial charge in [-0.1, -0.05) is 0 Å². The molecule has 0 radical (unpaired) electrons. The van der Waals surface area contributed by atoms with Gasteiger partial charge in [0.15, 0.2) is 0 Å². The monoisotopic (exact) mass is 256 g/mol. The van der Waals surface area contributed by atoms with Crippen molar-refractivity contribution in [2.24, 2.45) is 0 Å². The molecule has 0 N–H and O–H groups in total. The van der Waals surface area contributed by atoms with Crippen LogP contribution in [0, 0.1) is 17.0 Å². The summed E-state index contributed by atoms with van der Waals surface area (Å²) in [5.74, 6) is 0. The average Bonchev–Trinajstić information content (AvgIpc) is 2.14. The van der Waals surface area contributed by atoms with Crippen molar-refractivity contribution < 1.29 is 26.9 Å². The average molecular weight is 256 g/mol. The molecule has 0 aliphatic heterocycles. The van der Waals surface area contributed by atoms with E-state index in [-0.39, 0.29) is 0 Å². The maximum atomic E-state index is 12.5. The minimum absolute atomic E-state index is 0.395. The van der Waals surface area contributed by atoms with Gasteiger partial charge in [0, 0.05) is 0 Å². The first-order valence-electron chi connectivity index (χ1n) is 4.15. The topological polar surface area (TPSA) is 56.0 Å². The summed E-state index contributed by atoms with van der Waals surface area (Å²) in [5.41, 5.74) is -5.45. The van der Waals surface area contributed by atoms with Crippen molar-refractivity contribution in [1.29, 1.82) is 0 Å². The molecule has 1 aromatic rings. The van der Waals surface area contributed by atoms with Crippen LogP contribution >= 0.6 is 0 Å². The molecule has 0 spiro atoms. The van der Waals surface area contributed by atoms with Crippen LogP contribution in [0.3, 0.4) is 0 Å². The number of nitrogens with zero attached hydrogens (tertiary/aromatic N) is 2. The summed E-state index contributed by atoms with van der Waals surface area (Å²) in [5, 5.41) is 10.4. The molecular weight excluding hydrogens is 251 g/mol. The quantitative estimate of drug-likeness (QED) is 0.463. The molecule has 1 rings (SSSR count). The third-order valence-electron chi connectivity index (χ3n) is 1.99. The third kappa shape index (κ3) is 2.48. The van der Waals surface area contributed by atoms with Crippen molar-refractivity contribution in [2.75, 3.05) is 0 Å². The summed E-state index contributed by atoms with van der Waals surface area (Å²) in [7, 11) is 0. The summed E-state index contributed by atoms with van der Waals surface area (Å²) in [6, 6.07) is 0. The number of rotatable bonds is 2. The van der Waals surface area contributed by atoms with E-state index in [1.807, 2.05) is 0 Å². The largest absolute Gasteiger partial charge is 0.418 e. The molecule has 1 aromatic heterocycles. The van der Waals surface area contributed by atoms with Crippen LogP contribution in [0.25, 0.3) is 0 Å². The number of hydrogen-bond acceptors (Lipinski definition) is 3. The zero-order valence-electron chi connectivity index (χ0n) is 8.26. The summed E-state index contributed by atoms with van der Waals surface area (Å²) < 4.78 is 62.6. The first-order chi connectivity index (χ1) is 7.66. The molecule has 0 aliphatic carbocycles. The zero-order valence-corrected chi connectivity index (χ0v) is 8.26. The Morgan fingerprint density at radius 3 is 2.29 bits per heavy atom. The van der Waals surface area contributed by atoms with E-state index in [9.17, 15) is 32.1 Å². The van der Waals surface area contributed by atoms with Crippen LogP contribution in [-0.4, -0.2) is 9.91 Å². The molecule has 0 unspecified atom stereocenters. The van der Waals surface area contributed by atoms with Gasteiger partial charge in [0.1, 0.15) is 11.8 Å². The number of nitro groups is 1. The molecule has 0 amide bonds. The van der Waals surface area contributed by atoms with Crippen LogP contribution in [0.4, 0.5) is 27.6 Å². The van der Waals surface area contributed by atoms with Gasteiger partial charge in [-0.3, -0.25) is 15.1 Å². The fourth-order valence-corrected chi connectivity index (χ4v) is 1.34. The van der Waals surface area contributed by atoms with E-state index < -0.39 is 40.0 Å². The standard InChI is InChI=1S/C8H5F5N2O2/c1-3-6(8(11,12)13)5(7(9)10)4(2-14-3)15(16)17/h2,7H,1H3. The van der Waals surface area contributed by atoms with Crippen LogP contribution in [0.1, 0.15) is 23.2 Å². The first kappa shape index (κ1) is 13.3.